The average molecular weight is 425 g/mol. The van der Waals surface area contributed by atoms with E-state index in [0.717, 1.165) is 38.1 Å². The molecule has 1 aromatic carbocycles. The van der Waals surface area contributed by atoms with E-state index < -0.39 is 29.2 Å². The first-order valence-electron chi connectivity index (χ1n) is 9.36. The molecule has 1 aliphatic heterocycles. The summed E-state index contributed by atoms with van der Waals surface area (Å²) in [5.41, 5.74) is -1.43. The van der Waals surface area contributed by atoms with E-state index in [-0.39, 0.29) is 6.54 Å². The molecule has 1 aromatic heterocycles. The van der Waals surface area contributed by atoms with Gasteiger partial charge in [0.25, 0.3) is 0 Å². The topological polar surface area (TPSA) is 61.4 Å². The summed E-state index contributed by atoms with van der Waals surface area (Å²) >= 11 is 1.77. The van der Waals surface area contributed by atoms with Crippen LogP contribution < -0.4 is 10.6 Å². The summed E-state index contributed by atoms with van der Waals surface area (Å²) in [4.78, 5) is 27.5. The van der Waals surface area contributed by atoms with E-state index in [1.165, 1.54) is 17.0 Å². The van der Waals surface area contributed by atoms with E-state index in [9.17, 15) is 22.8 Å². The van der Waals surface area contributed by atoms with Crippen molar-refractivity contribution in [2.75, 3.05) is 31.5 Å². The van der Waals surface area contributed by atoms with Gasteiger partial charge in [-0.05, 0) is 55.4 Å². The number of amides is 2. The number of nitrogens with one attached hydrogen (secondary N) is 2. The number of hydrogen-bond acceptors (Lipinski definition) is 4. The van der Waals surface area contributed by atoms with Crippen molar-refractivity contribution in [1.82, 2.24) is 10.2 Å². The quantitative estimate of drug-likeness (QED) is 0.718. The maximum atomic E-state index is 13.0. The summed E-state index contributed by atoms with van der Waals surface area (Å²) in [5, 5.41) is 6.60. The molecule has 2 amide bonds. The molecule has 2 aromatic rings. The molecule has 9 heteroatoms. The molecule has 0 spiro atoms. The fraction of sp³-hybridized carbons (Fsp3) is 0.400. The van der Waals surface area contributed by atoms with Crippen LogP contribution in [0.4, 0.5) is 18.9 Å². The second kappa shape index (κ2) is 9.41. The lowest BCUT2D eigenvalue weighted by molar-refractivity contribution is -0.138. The van der Waals surface area contributed by atoms with Crippen molar-refractivity contribution < 1.29 is 22.8 Å². The number of benzene rings is 1. The van der Waals surface area contributed by atoms with Crippen LogP contribution in [0.3, 0.4) is 0 Å². The fourth-order valence-corrected chi connectivity index (χ4v) is 4.29. The first kappa shape index (κ1) is 21.3. The summed E-state index contributed by atoms with van der Waals surface area (Å²) in [6.45, 7) is 2.67. The monoisotopic (exact) mass is 425 g/mol. The molecule has 5 nitrogen and oxygen atoms in total. The highest BCUT2D eigenvalue weighted by Crippen LogP contribution is 2.34. The molecule has 0 saturated carbocycles. The van der Waals surface area contributed by atoms with E-state index in [4.69, 9.17) is 0 Å². The number of carbonyl (C=O) groups excluding carboxylic acids is 2. The molecule has 156 valence electrons. The molecular formula is C20H22F3N3O2S. The van der Waals surface area contributed by atoms with Gasteiger partial charge in [0.05, 0.1) is 11.3 Å². The van der Waals surface area contributed by atoms with Gasteiger partial charge in [-0.15, -0.1) is 11.3 Å². The van der Waals surface area contributed by atoms with Crippen molar-refractivity contribution in [3.05, 3.63) is 52.2 Å². The van der Waals surface area contributed by atoms with Gasteiger partial charge in [-0.2, -0.15) is 13.2 Å². The summed E-state index contributed by atoms with van der Waals surface area (Å²) in [6.07, 6.45) is -2.53. The van der Waals surface area contributed by atoms with Crippen LogP contribution in [0.5, 0.6) is 0 Å². The largest absolute Gasteiger partial charge is 0.418 e. The van der Waals surface area contributed by atoms with E-state index in [0.29, 0.717) is 12.5 Å². The Bertz CT molecular complexity index is 832. The number of piperidine rings is 1. The van der Waals surface area contributed by atoms with Gasteiger partial charge < -0.3 is 15.5 Å². The minimum absolute atomic E-state index is 0.261. The predicted molar refractivity (Wildman–Crippen MR) is 106 cm³/mol. The molecule has 1 fully saturated rings. The van der Waals surface area contributed by atoms with E-state index in [2.05, 4.69) is 27.7 Å². The van der Waals surface area contributed by atoms with Crippen LogP contribution in [0.25, 0.3) is 0 Å². The molecule has 0 bridgehead atoms. The van der Waals surface area contributed by atoms with Crippen LogP contribution in [0.1, 0.15) is 29.2 Å². The van der Waals surface area contributed by atoms with Crippen molar-refractivity contribution in [2.24, 2.45) is 0 Å². The Hall–Kier alpha value is -2.39. The first-order valence-corrected chi connectivity index (χ1v) is 10.2. The second-order valence-electron chi connectivity index (χ2n) is 6.88. The lowest BCUT2D eigenvalue weighted by atomic mass is 9.95. The minimum Gasteiger partial charge on any atom is -0.347 e. The van der Waals surface area contributed by atoms with Gasteiger partial charge >= 0.3 is 18.0 Å². The molecule has 0 unspecified atom stereocenters. The Morgan fingerprint density at radius 3 is 2.45 bits per heavy atom. The third kappa shape index (κ3) is 5.80. The molecular weight excluding hydrogens is 403 g/mol. The van der Waals surface area contributed by atoms with Crippen LogP contribution in [0.2, 0.25) is 0 Å². The Balaban J connectivity index is 1.42. The SMILES string of the molecule is O=C(NCCN1CCC(c2cccs2)CC1)C(=O)Nc1ccccc1C(F)(F)F. The average Bonchev–Trinajstić information content (AvgIpc) is 3.23. The highest BCUT2D eigenvalue weighted by atomic mass is 32.1. The van der Waals surface area contributed by atoms with Crippen molar-refractivity contribution in [3.8, 4) is 0 Å². The zero-order chi connectivity index (χ0) is 20.9. The van der Waals surface area contributed by atoms with Gasteiger partial charge in [0, 0.05) is 18.0 Å². The Morgan fingerprint density at radius 2 is 1.79 bits per heavy atom. The number of likely N-dealkylation sites (tertiary alicyclic amines) is 1. The third-order valence-corrected chi connectivity index (χ3v) is 5.97. The number of nitrogens with zero attached hydrogens (tertiary/aromatic N) is 1. The maximum absolute atomic E-state index is 13.0. The number of thiophene rings is 1. The van der Waals surface area contributed by atoms with Gasteiger partial charge in [0.1, 0.15) is 0 Å². The number of hydrogen-bond donors (Lipinski definition) is 2. The smallest absolute Gasteiger partial charge is 0.347 e. The van der Waals surface area contributed by atoms with Crippen molar-refractivity contribution in [3.63, 3.8) is 0 Å². The summed E-state index contributed by atoms with van der Waals surface area (Å²) in [7, 11) is 0. The fourth-order valence-electron chi connectivity index (χ4n) is 3.39. The molecule has 0 atom stereocenters. The molecule has 2 heterocycles. The van der Waals surface area contributed by atoms with Crippen molar-refractivity contribution >= 4 is 28.8 Å². The van der Waals surface area contributed by atoms with Crippen molar-refractivity contribution in [2.45, 2.75) is 24.9 Å². The van der Waals surface area contributed by atoms with Crippen molar-refractivity contribution in [1.29, 1.82) is 0 Å². The first-order chi connectivity index (χ1) is 13.8. The number of carbonyl (C=O) groups is 2. The van der Waals surface area contributed by atoms with Gasteiger partial charge in [-0.25, -0.2) is 0 Å². The Labute approximate surface area is 170 Å². The minimum atomic E-state index is -4.62. The normalized spacial score (nSPS) is 15.8. The van der Waals surface area contributed by atoms with Crippen LogP contribution >= 0.6 is 11.3 Å². The maximum Gasteiger partial charge on any atom is 0.418 e. The lowest BCUT2D eigenvalue weighted by Gasteiger charge is -2.31. The van der Waals surface area contributed by atoms with Crippen LogP contribution in [-0.4, -0.2) is 42.9 Å². The van der Waals surface area contributed by atoms with Crippen LogP contribution in [0, 0.1) is 0 Å². The standard InChI is InChI=1S/C20H22F3N3O2S/c21-20(22,23)15-4-1-2-5-16(15)25-19(28)18(27)24-9-12-26-10-7-14(8-11-26)17-6-3-13-29-17/h1-6,13-14H,7-12H2,(H,24,27)(H,25,28). The summed E-state index contributed by atoms with van der Waals surface area (Å²) in [5.74, 6) is -1.49. The molecule has 1 aliphatic rings. The van der Waals surface area contributed by atoms with E-state index in [1.54, 1.807) is 11.3 Å². The Morgan fingerprint density at radius 1 is 1.07 bits per heavy atom. The molecule has 1 saturated heterocycles. The highest BCUT2D eigenvalue weighted by Gasteiger charge is 2.34. The third-order valence-electron chi connectivity index (χ3n) is 4.93. The zero-order valence-electron chi connectivity index (χ0n) is 15.7. The Kier molecular flexibility index (Phi) is 6.92. The number of rotatable bonds is 5. The van der Waals surface area contributed by atoms with Gasteiger partial charge in [0.2, 0.25) is 0 Å². The lowest BCUT2D eigenvalue weighted by Crippen LogP contribution is -2.42. The number of alkyl halides is 3. The molecule has 3 rings (SSSR count). The summed E-state index contributed by atoms with van der Waals surface area (Å²) < 4.78 is 38.9. The van der Waals surface area contributed by atoms with E-state index >= 15 is 0 Å². The molecule has 0 aliphatic carbocycles. The van der Waals surface area contributed by atoms with Gasteiger partial charge in [-0.1, -0.05) is 18.2 Å². The number of anilines is 1. The van der Waals surface area contributed by atoms with Gasteiger partial charge in [-0.3, -0.25) is 9.59 Å². The van der Waals surface area contributed by atoms with E-state index in [1.807, 2.05) is 5.32 Å². The predicted octanol–water partition coefficient (Wildman–Crippen LogP) is 3.70. The molecule has 0 radical (unpaired) electrons. The molecule has 2 N–H and O–H groups in total. The second-order valence-corrected chi connectivity index (χ2v) is 7.86. The highest BCUT2D eigenvalue weighted by molar-refractivity contribution is 7.10. The van der Waals surface area contributed by atoms with Gasteiger partial charge in [0.15, 0.2) is 0 Å². The number of halogens is 3. The molecule has 29 heavy (non-hydrogen) atoms. The zero-order valence-corrected chi connectivity index (χ0v) is 16.5. The van der Waals surface area contributed by atoms with Crippen LogP contribution in [-0.2, 0) is 15.8 Å². The summed E-state index contributed by atoms with van der Waals surface area (Å²) in [6, 6.07) is 8.77. The number of para-hydroxylation sites is 1. The van der Waals surface area contributed by atoms with Crippen LogP contribution in [0.15, 0.2) is 41.8 Å².